The van der Waals surface area contributed by atoms with E-state index in [9.17, 15) is 38.4 Å². The summed E-state index contributed by atoms with van der Waals surface area (Å²) in [6.07, 6.45) is 4.20. The van der Waals surface area contributed by atoms with E-state index in [1.807, 2.05) is 73.2 Å². The van der Waals surface area contributed by atoms with Crippen molar-refractivity contribution in [3.63, 3.8) is 0 Å². The van der Waals surface area contributed by atoms with Gasteiger partial charge in [-0.1, -0.05) is 30.4 Å². The molecule has 7 aromatic rings. The van der Waals surface area contributed by atoms with E-state index in [0.29, 0.717) is 71.2 Å². The molecule has 0 aliphatic carbocycles. The number of ether oxygens (including phenoxy) is 1. The second-order valence-corrected chi connectivity index (χ2v) is 18.0. The lowest BCUT2D eigenvalue weighted by Gasteiger charge is -2.27. The van der Waals surface area contributed by atoms with Crippen molar-refractivity contribution in [2.75, 3.05) is 37.4 Å². The Bertz CT molecular complexity index is 3490. The summed E-state index contributed by atoms with van der Waals surface area (Å²) < 4.78 is 12.7. The maximum atomic E-state index is 13.8. The molecule has 2 aliphatic heterocycles. The predicted octanol–water partition coefficient (Wildman–Crippen LogP) is 4.26. The summed E-state index contributed by atoms with van der Waals surface area (Å²) in [4.78, 5) is 116. The Morgan fingerprint density at radius 3 is 2.04 bits per heavy atom. The van der Waals surface area contributed by atoms with Crippen LogP contribution >= 0.6 is 0 Å². The SMILES string of the molecule is CCn1nc(C)cc1C(=O)Nc1nc2ccccc2n1C/C=C/Cn1c(NC(=O)c2cc(C)nn2CC)nc2cc(C(=O)N(C)CCCNC(=O)COc3cccc4c3C(=O)N(C3CCC(=O)NC3=O)C4=O)ccc21. The van der Waals surface area contributed by atoms with Crippen LogP contribution in [0, 0.1) is 13.8 Å². The van der Waals surface area contributed by atoms with Crippen LogP contribution in [-0.4, -0.2) is 129 Å². The first-order valence-electron chi connectivity index (χ1n) is 24.5. The number of imide groups is 2. The summed E-state index contributed by atoms with van der Waals surface area (Å²) in [5, 5.41) is 19.7. The van der Waals surface area contributed by atoms with Crippen molar-refractivity contribution in [1.82, 2.24) is 59.1 Å². The van der Waals surface area contributed by atoms with Crippen molar-refractivity contribution in [3.8, 4) is 5.75 Å². The van der Waals surface area contributed by atoms with Crippen LogP contribution in [0.2, 0.25) is 0 Å². The number of aromatic nitrogens is 8. The molecule has 9 rings (SSSR count). The van der Waals surface area contributed by atoms with Gasteiger partial charge in [0.2, 0.25) is 23.7 Å². The molecule has 75 heavy (non-hydrogen) atoms. The van der Waals surface area contributed by atoms with Gasteiger partial charge in [-0.3, -0.25) is 68.6 Å². The summed E-state index contributed by atoms with van der Waals surface area (Å²) in [7, 11) is 1.64. The van der Waals surface area contributed by atoms with E-state index in [-0.39, 0.29) is 67.1 Å². The zero-order chi connectivity index (χ0) is 53.1. The molecule has 2 aliphatic rings. The summed E-state index contributed by atoms with van der Waals surface area (Å²) >= 11 is 0. The molecular weight excluding hydrogens is 965 g/mol. The molecule has 8 amide bonds. The van der Waals surface area contributed by atoms with Crippen LogP contribution < -0.4 is 26.0 Å². The number of piperidine rings is 1. The van der Waals surface area contributed by atoms with Gasteiger partial charge in [-0.2, -0.15) is 10.2 Å². The number of anilines is 2. The Labute approximate surface area is 428 Å². The summed E-state index contributed by atoms with van der Waals surface area (Å²) in [6, 6.07) is 19.4. The third-order valence-corrected chi connectivity index (χ3v) is 12.8. The largest absolute Gasteiger partial charge is 0.483 e. The van der Waals surface area contributed by atoms with Crippen LogP contribution in [-0.2, 0) is 40.6 Å². The molecule has 4 aromatic heterocycles. The third kappa shape index (κ3) is 10.4. The number of carbonyl (C=O) groups is 8. The number of fused-ring (bicyclic) bond motifs is 3. The lowest BCUT2D eigenvalue weighted by atomic mass is 10.0. The Morgan fingerprint density at radius 2 is 1.40 bits per heavy atom. The number of aryl methyl sites for hydroxylation is 4. The van der Waals surface area contributed by atoms with E-state index in [1.54, 1.807) is 46.7 Å². The van der Waals surface area contributed by atoms with Gasteiger partial charge in [0, 0.05) is 58.3 Å². The summed E-state index contributed by atoms with van der Waals surface area (Å²) in [5.74, 6) is -3.63. The third-order valence-electron chi connectivity index (χ3n) is 12.8. The van der Waals surface area contributed by atoms with Gasteiger partial charge in [-0.15, -0.1) is 0 Å². The minimum absolute atomic E-state index is 0.000808. The normalized spacial score (nSPS) is 14.5. The monoisotopic (exact) mass is 1020 g/mol. The van der Waals surface area contributed by atoms with Gasteiger partial charge in [0.15, 0.2) is 6.61 Å². The lowest BCUT2D eigenvalue weighted by molar-refractivity contribution is -0.136. The number of para-hydroxylation sites is 2. The van der Waals surface area contributed by atoms with Crippen LogP contribution in [0.4, 0.5) is 11.9 Å². The van der Waals surface area contributed by atoms with E-state index in [4.69, 9.17) is 14.7 Å². The molecule has 1 unspecified atom stereocenters. The van der Waals surface area contributed by atoms with Crippen molar-refractivity contribution < 1.29 is 43.1 Å². The second kappa shape index (κ2) is 21.4. The average Bonchev–Trinajstić information content (AvgIpc) is 4.21. The molecule has 0 saturated carbocycles. The average molecular weight is 1020 g/mol. The molecule has 386 valence electrons. The van der Waals surface area contributed by atoms with Crippen molar-refractivity contribution in [2.45, 2.75) is 79.2 Å². The minimum atomic E-state index is -1.15. The number of imidazole rings is 2. The van der Waals surface area contributed by atoms with Crippen LogP contribution in [0.15, 0.2) is 84.9 Å². The molecule has 23 nitrogen and oxygen atoms in total. The number of nitrogens with zero attached hydrogens (tertiary/aromatic N) is 10. The van der Waals surface area contributed by atoms with E-state index in [1.165, 1.54) is 23.1 Å². The number of rotatable bonds is 19. The van der Waals surface area contributed by atoms with Gasteiger partial charge >= 0.3 is 0 Å². The highest BCUT2D eigenvalue weighted by atomic mass is 16.5. The van der Waals surface area contributed by atoms with E-state index >= 15 is 0 Å². The summed E-state index contributed by atoms with van der Waals surface area (Å²) in [5.41, 5.74) is 5.11. The maximum absolute atomic E-state index is 13.8. The Hall–Kier alpha value is -9.28. The van der Waals surface area contributed by atoms with Gasteiger partial charge in [0.25, 0.3) is 35.4 Å². The first-order chi connectivity index (χ1) is 36.1. The number of nitrogens with one attached hydrogen (secondary N) is 4. The van der Waals surface area contributed by atoms with Crippen molar-refractivity contribution >= 4 is 81.2 Å². The number of carbonyl (C=O) groups excluding carboxylic acids is 8. The van der Waals surface area contributed by atoms with Crippen LogP contribution in [0.25, 0.3) is 22.1 Å². The van der Waals surface area contributed by atoms with Crippen molar-refractivity contribution in [1.29, 1.82) is 0 Å². The number of amides is 8. The first-order valence-corrected chi connectivity index (χ1v) is 24.5. The molecule has 1 fully saturated rings. The fraction of sp³-hybridized carbons (Fsp3) is 0.308. The molecule has 0 radical (unpaired) electrons. The minimum Gasteiger partial charge on any atom is -0.483 e. The highest BCUT2D eigenvalue weighted by Crippen LogP contribution is 2.34. The van der Waals surface area contributed by atoms with E-state index in [0.717, 1.165) is 16.1 Å². The second-order valence-electron chi connectivity index (χ2n) is 18.0. The number of hydrogen-bond donors (Lipinski definition) is 4. The van der Waals surface area contributed by atoms with Gasteiger partial charge in [0.05, 0.1) is 44.6 Å². The number of benzene rings is 3. The van der Waals surface area contributed by atoms with Crippen molar-refractivity contribution in [3.05, 3.63) is 124 Å². The zero-order valence-corrected chi connectivity index (χ0v) is 41.9. The predicted molar refractivity (Wildman–Crippen MR) is 273 cm³/mol. The topological polar surface area (TPSA) is 272 Å². The molecule has 23 heteroatoms. The Kier molecular flexibility index (Phi) is 14.5. The van der Waals surface area contributed by atoms with E-state index in [2.05, 4.69) is 31.5 Å². The molecule has 0 spiro atoms. The fourth-order valence-corrected chi connectivity index (χ4v) is 9.19. The van der Waals surface area contributed by atoms with Gasteiger partial charge in [0.1, 0.15) is 23.2 Å². The Balaban J connectivity index is 0.846. The molecule has 0 bridgehead atoms. The Morgan fingerprint density at radius 1 is 0.773 bits per heavy atom. The number of allylic oxidation sites excluding steroid dienone is 2. The quantitative estimate of drug-likeness (QED) is 0.0502. The highest BCUT2D eigenvalue weighted by Gasteiger charge is 2.46. The van der Waals surface area contributed by atoms with Gasteiger partial charge in [-0.05, 0) is 95.1 Å². The van der Waals surface area contributed by atoms with Crippen molar-refractivity contribution in [2.24, 2.45) is 0 Å². The lowest BCUT2D eigenvalue weighted by Crippen LogP contribution is -2.54. The van der Waals surface area contributed by atoms with Crippen LogP contribution in [0.3, 0.4) is 0 Å². The van der Waals surface area contributed by atoms with Gasteiger partial charge in [-0.25, -0.2) is 9.97 Å². The molecule has 1 atom stereocenters. The first kappa shape index (κ1) is 50.7. The van der Waals surface area contributed by atoms with Gasteiger partial charge < -0.3 is 24.1 Å². The highest BCUT2D eigenvalue weighted by molar-refractivity contribution is 6.24. The van der Waals surface area contributed by atoms with Crippen LogP contribution in [0.1, 0.15) is 96.5 Å². The fourth-order valence-electron chi connectivity index (χ4n) is 9.19. The summed E-state index contributed by atoms with van der Waals surface area (Å²) in [6.45, 7) is 9.02. The zero-order valence-electron chi connectivity index (χ0n) is 41.9. The molecular formula is C52H54N14O9. The van der Waals surface area contributed by atoms with Crippen LogP contribution in [0.5, 0.6) is 5.75 Å². The maximum Gasteiger partial charge on any atom is 0.276 e. The standard InChI is InChI=1S/C52H54N14O9/c1-6-64-39(26-30(3)59-64)46(70)57-51-54-34-15-8-9-16-36(34)62(51)24-10-11-25-63-37-19-18-32(28-35(37)55-52(63)58-47(71)40-27-31(4)60-65(40)7-2)48(72)61(5)23-13-22-53-43(68)29-75-41-17-12-14-33-44(41)50(74)66(49(33)73)38-20-21-42(67)56-45(38)69/h8-12,14-19,26-28,38H,6-7,13,20-25,29H2,1-5H3,(H,53,68)(H,54,57,70)(H,55,58,71)(H,56,67,69)/b11-10+. The molecule has 3 aromatic carbocycles. The number of hydrogen-bond acceptors (Lipinski definition) is 13. The smallest absolute Gasteiger partial charge is 0.276 e. The molecule has 4 N–H and O–H groups in total. The van der Waals surface area contributed by atoms with E-state index < -0.39 is 48.1 Å². The molecule has 1 saturated heterocycles. The molecule has 6 heterocycles.